The monoisotopic (exact) mass is 608 g/mol. The minimum atomic E-state index is 0.784. The molecule has 47 heavy (non-hydrogen) atoms. The van der Waals surface area contributed by atoms with Gasteiger partial charge in [-0.3, -0.25) is 15.0 Å². The highest BCUT2D eigenvalue weighted by atomic mass is 16.3. The molecule has 0 saturated heterocycles. The Kier molecular flexibility index (Phi) is 7.07. The van der Waals surface area contributed by atoms with Gasteiger partial charge in [-0.1, -0.05) is 72.8 Å². The largest absolute Gasteiger partial charge is 0.454 e. The zero-order valence-electron chi connectivity index (χ0n) is 26.5. The van der Waals surface area contributed by atoms with Crippen LogP contribution in [-0.2, 0) is 0 Å². The number of nitrogens with zero attached hydrogens (tertiary/aromatic N) is 4. The number of hydrogen-bond acceptors (Lipinski definition) is 5. The van der Waals surface area contributed by atoms with Gasteiger partial charge in [-0.05, 0) is 91.6 Å². The number of benzene rings is 4. The van der Waals surface area contributed by atoms with Crippen LogP contribution < -0.4 is 4.90 Å². The number of aryl methyl sites for hydroxylation is 3. The van der Waals surface area contributed by atoms with E-state index in [9.17, 15) is 0 Å². The standard InChI is InChI=1S/C42H32N4O/c1-27-19-20-43-29(3)42(27)46(33-15-9-13-31(21-33)38-23-36(28(2)25-44-38)30-11-5-4-6-12-30)34-16-10-14-32(22-34)39-24-37-35-17-7-8-18-40(35)47-41(37)26-45-39/h4-26H,1-3H3. The van der Waals surface area contributed by atoms with Gasteiger partial charge in [-0.15, -0.1) is 0 Å². The average molecular weight is 609 g/mol. The summed E-state index contributed by atoms with van der Waals surface area (Å²) in [6, 6.07) is 42.1. The summed E-state index contributed by atoms with van der Waals surface area (Å²) in [6.45, 7) is 6.31. The maximum atomic E-state index is 6.05. The lowest BCUT2D eigenvalue weighted by atomic mass is 9.99. The van der Waals surface area contributed by atoms with E-state index in [0.29, 0.717) is 0 Å². The number of rotatable bonds is 6. The molecule has 0 N–H and O–H groups in total. The first-order valence-electron chi connectivity index (χ1n) is 15.8. The molecule has 0 radical (unpaired) electrons. The molecule has 0 atom stereocenters. The lowest BCUT2D eigenvalue weighted by molar-refractivity contribution is 0.667. The summed E-state index contributed by atoms with van der Waals surface area (Å²) >= 11 is 0. The van der Waals surface area contributed by atoms with E-state index in [1.807, 2.05) is 42.9 Å². The highest BCUT2D eigenvalue weighted by molar-refractivity contribution is 6.05. The van der Waals surface area contributed by atoms with Gasteiger partial charge in [-0.2, -0.15) is 0 Å². The lowest BCUT2D eigenvalue weighted by Gasteiger charge is -2.29. The van der Waals surface area contributed by atoms with Crippen molar-refractivity contribution in [3.05, 3.63) is 157 Å². The highest BCUT2D eigenvalue weighted by Gasteiger charge is 2.20. The molecule has 5 heteroatoms. The van der Waals surface area contributed by atoms with E-state index < -0.39 is 0 Å². The summed E-state index contributed by atoms with van der Waals surface area (Å²) in [5.74, 6) is 0. The summed E-state index contributed by atoms with van der Waals surface area (Å²) in [5.41, 5.74) is 14.2. The molecule has 0 saturated carbocycles. The number of hydrogen-bond donors (Lipinski definition) is 0. The molecular weight excluding hydrogens is 576 g/mol. The van der Waals surface area contributed by atoms with Crippen LogP contribution in [0, 0.1) is 20.8 Å². The van der Waals surface area contributed by atoms with E-state index in [-0.39, 0.29) is 0 Å². The van der Waals surface area contributed by atoms with Crippen molar-refractivity contribution in [2.75, 3.05) is 4.90 Å². The Labute approximate surface area is 273 Å². The van der Waals surface area contributed by atoms with Gasteiger partial charge in [0.15, 0.2) is 5.58 Å². The summed E-state index contributed by atoms with van der Waals surface area (Å²) < 4.78 is 6.05. The normalized spacial score (nSPS) is 11.3. The topological polar surface area (TPSA) is 55.1 Å². The maximum Gasteiger partial charge on any atom is 0.153 e. The summed E-state index contributed by atoms with van der Waals surface area (Å²) in [5, 5.41) is 2.14. The van der Waals surface area contributed by atoms with Gasteiger partial charge in [0.1, 0.15) is 5.58 Å². The molecule has 0 aliphatic rings. The van der Waals surface area contributed by atoms with Gasteiger partial charge < -0.3 is 9.32 Å². The Morgan fingerprint density at radius 2 is 1.17 bits per heavy atom. The Bertz CT molecular complexity index is 2390. The Morgan fingerprint density at radius 3 is 1.91 bits per heavy atom. The molecule has 0 aliphatic heterocycles. The third-order valence-corrected chi connectivity index (χ3v) is 8.79. The highest BCUT2D eigenvalue weighted by Crippen LogP contribution is 2.41. The first-order chi connectivity index (χ1) is 23.0. The SMILES string of the molecule is Cc1cnc(-c2cccc(N(c3cccc(-c4cc5c(cn4)oc4ccccc45)c3)c3c(C)ccnc3C)c2)cc1-c1ccccc1. The predicted octanol–water partition coefficient (Wildman–Crippen LogP) is 11.2. The van der Waals surface area contributed by atoms with Gasteiger partial charge >= 0.3 is 0 Å². The fraction of sp³-hybridized carbons (Fsp3) is 0.0714. The minimum Gasteiger partial charge on any atom is -0.454 e. The second kappa shape index (κ2) is 11.7. The van der Waals surface area contributed by atoms with Crippen molar-refractivity contribution >= 4 is 39.0 Å². The first kappa shape index (κ1) is 28.4. The van der Waals surface area contributed by atoms with Crippen LogP contribution in [0.2, 0.25) is 0 Å². The van der Waals surface area contributed by atoms with Crippen LogP contribution in [0.15, 0.2) is 144 Å². The molecule has 0 amide bonds. The van der Waals surface area contributed by atoms with Crippen LogP contribution in [0.25, 0.3) is 55.6 Å². The van der Waals surface area contributed by atoms with Crippen molar-refractivity contribution in [3.8, 4) is 33.6 Å². The average Bonchev–Trinajstić information content (AvgIpc) is 3.49. The van der Waals surface area contributed by atoms with Crippen LogP contribution in [0.3, 0.4) is 0 Å². The maximum absolute atomic E-state index is 6.05. The van der Waals surface area contributed by atoms with Crippen LogP contribution in [0.1, 0.15) is 16.8 Å². The molecule has 0 fully saturated rings. The number of anilines is 3. The number of para-hydroxylation sites is 1. The van der Waals surface area contributed by atoms with Crippen LogP contribution in [0.4, 0.5) is 17.1 Å². The summed E-state index contributed by atoms with van der Waals surface area (Å²) in [7, 11) is 0. The minimum absolute atomic E-state index is 0.784. The molecule has 4 aromatic heterocycles. The molecular formula is C42H32N4O. The quantitative estimate of drug-likeness (QED) is 0.188. The van der Waals surface area contributed by atoms with Crippen molar-refractivity contribution < 1.29 is 4.42 Å². The zero-order chi connectivity index (χ0) is 31.9. The molecule has 4 heterocycles. The molecule has 0 aliphatic carbocycles. The van der Waals surface area contributed by atoms with Crippen molar-refractivity contribution in [2.45, 2.75) is 20.8 Å². The molecule has 4 aromatic carbocycles. The predicted molar refractivity (Wildman–Crippen MR) is 192 cm³/mol. The van der Waals surface area contributed by atoms with E-state index >= 15 is 0 Å². The number of aromatic nitrogens is 3. The third kappa shape index (κ3) is 5.22. The van der Waals surface area contributed by atoms with Crippen LogP contribution in [0.5, 0.6) is 0 Å². The number of fused-ring (bicyclic) bond motifs is 3. The Morgan fingerprint density at radius 1 is 0.511 bits per heavy atom. The van der Waals surface area contributed by atoms with Gasteiger partial charge in [0.05, 0.1) is 29.0 Å². The van der Waals surface area contributed by atoms with Crippen LogP contribution >= 0.6 is 0 Å². The van der Waals surface area contributed by atoms with E-state index in [1.165, 1.54) is 11.1 Å². The Hall–Kier alpha value is -6.07. The molecule has 5 nitrogen and oxygen atoms in total. The van der Waals surface area contributed by atoms with E-state index in [0.717, 1.165) is 78.3 Å². The second-order valence-electron chi connectivity index (χ2n) is 11.9. The van der Waals surface area contributed by atoms with Crippen LogP contribution in [-0.4, -0.2) is 15.0 Å². The first-order valence-corrected chi connectivity index (χ1v) is 15.8. The fourth-order valence-electron chi connectivity index (χ4n) is 6.44. The smallest absolute Gasteiger partial charge is 0.153 e. The summed E-state index contributed by atoms with van der Waals surface area (Å²) in [6.07, 6.45) is 5.66. The molecule has 0 bridgehead atoms. The summed E-state index contributed by atoms with van der Waals surface area (Å²) in [4.78, 5) is 16.7. The van der Waals surface area contributed by atoms with E-state index in [1.54, 1.807) is 0 Å². The Balaban J connectivity index is 1.26. The van der Waals surface area contributed by atoms with E-state index in [4.69, 9.17) is 19.4 Å². The lowest BCUT2D eigenvalue weighted by Crippen LogP contribution is -2.13. The van der Waals surface area contributed by atoms with Crippen molar-refractivity contribution in [1.29, 1.82) is 0 Å². The molecule has 226 valence electrons. The van der Waals surface area contributed by atoms with Crippen molar-refractivity contribution in [2.24, 2.45) is 0 Å². The van der Waals surface area contributed by atoms with Crippen molar-refractivity contribution in [1.82, 2.24) is 15.0 Å². The molecule has 8 rings (SSSR count). The number of pyridine rings is 3. The molecule has 0 spiro atoms. The second-order valence-corrected chi connectivity index (χ2v) is 11.9. The number of furan rings is 1. The van der Waals surface area contributed by atoms with Gasteiger partial charge in [0.25, 0.3) is 0 Å². The van der Waals surface area contributed by atoms with Gasteiger partial charge in [0.2, 0.25) is 0 Å². The third-order valence-electron chi connectivity index (χ3n) is 8.79. The van der Waals surface area contributed by atoms with E-state index in [2.05, 4.69) is 123 Å². The van der Waals surface area contributed by atoms with Gasteiger partial charge in [-0.25, -0.2) is 0 Å². The van der Waals surface area contributed by atoms with Gasteiger partial charge in [0, 0.05) is 45.7 Å². The fourth-order valence-corrected chi connectivity index (χ4v) is 6.44. The molecule has 8 aromatic rings. The zero-order valence-corrected chi connectivity index (χ0v) is 26.5. The van der Waals surface area contributed by atoms with Crippen molar-refractivity contribution in [3.63, 3.8) is 0 Å². The molecule has 0 unspecified atom stereocenters.